The maximum atomic E-state index is 12.4. The summed E-state index contributed by atoms with van der Waals surface area (Å²) in [7, 11) is 0. The zero-order valence-corrected chi connectivity index (χ0v) is 9.80. The van der Waals surface area contributed by atoms with Gasteiger partial charge in [0.2, 0.25) is 0 Å². The third-order valence-electron chi connectivity index (χ3n) is 2.34. The second-order valence-electron chi connectivity index (χ2n) is 4.00. The number of aromatic nitrogens is 1. The van der Waals surface area contributed by atoms with Crippen LogP contribution in [0.4, 0.5) is 13.2 Å². The van der Waals surface area contributed by atoms with Crippen molar-refractivity contribution < 1.29 is 13.2 Å². The Morgan fingerprint density at radius 3 is 2.65 bits per heavy atom. The fourth-order valence-corrected chi connectivity index (χ4v) is 1.62. The number of rotatable bonds is 6. The van der Waals surface area contributed by atoms with Crippen molar-refractivity contribution in [3.05, 3.63) is 30.1 Å². The van der Waals surface area contributed by atoms with E-state index in [0.29, 0.717) is 18.7 Å². The maximum Gasteiger partial charge on any atom is 0.390 e. The van der Waals surface area contributed by atoms with Crippen LogP contribution in [0.15, 0.2) is 24.4 Å². The molecule has 0 saturated carbocycles. The highest BCUT2D eigenvalue weighted by atomic mass is 19.4. The molecule has 1 rings (SSSR count). The van der Waals surface area contributed by atoms with Gasteiger partial charge >= 0.3 is 6.18 Å². The van der Waals surface area contributed by atoms with Crippen LogP contribution < -0.4 is 5.32 Å². The molecule has 0 fully saturated rings. The second kappa shape index (κ2) is 6.59. The maximum absolute atomic E-state index is 12.4. The molecule has 96 valence electrons. The van der Waals surface area contributed by atoms with Gasteiger partial charge in [-0.15, -0.1) is 0 Å². The lowest BCUT2D eigenvalue weighted by molar-refractivity contribution is -0.139. The Balaban J connectivity index is 2.57. The average Bonchev–Trinajstić information content (AvgIpc) is 2.25. The van der Waals surface area contributed by atoms with E-state index in [4.69, 9.17) is 0 Å². The van der Waals surface area contributed by atoms with Crippen LogP contribution in [0, 0.1) is 0 Å². The molecule has 0 aliphatic rings. The van der Waals surface area contributed by atoms with Crippen LogP contribution in [0.5, 0.6) is 0 Å². The molecule has 1 N–H and O–H groups in total. The zero-order chi connectivity index (χ0) is 12.7. The van der Waals surface area contributed by atoms with Crippen LogP contribution in [-0.4, -0.2) is 23.7 Å². The molecule has 2 nitrogen and oxygen atoms in total. The Bertz CT molecular complexity index is 311. The number of nitrogens with one attached hydrogen (secondary N) is 1. The Morgan fingerprint density at radius 1 is 1.35 bits per heavy atom. The van der Waals surface area contributed by atoms with E-state index in [1.165, 1.54) is 0 Å². The Hall–Kier alpha value is -1.10. The molecular formula is C12H17F3N2. The molecule has 0 bridgehead atoms. The van der Waals surface area contributed by atoms with Crippen LogP contribution in [0.25, 0.3) is 0 Å². The molecule has 1 aromatic heterocycles. The number of alkyl halides is 3. The lowest BCUT2D eigenvalue weighted by atomic mass is 10.1. The molecule has 1 atom stereocenters. The van der Waals surface area contributed by atoms with Crippen molar-refractivity contribution in [2.45, 2.75) is 38.4 Å². The lowest BCUT2D eigenvalue weighted by Gasteiger charge is -2.19. The van der Waals surface area contributed by atoms with E-state index >= 15 is 0 Å². The quantitative estimate of drug-likeness (QED) is 0.834. The Labute approximate surface area is 99.3 Å². The molecule has 0 saturated heterocycles. The zero-order valence-electron chi connectivity index (χ0n) is 9.80. The summed E-state index contributed by atoms with van der Waals surface area (Å²) >= 11 is 0. The van der Waals surface area contributed by atoms with Gasteiger partial charge in [-0.3, -0.25) is 4.98 Å². The van der Waals surface area contributed by atoms with Crippen molar-refractivity contribution >= 4 is 0 Å². The summed E-state index contributed by atoms with van der Waals surface area (Å²) in [6.07, 6.45) is -2.24. The molecule has 0 aromatic carbocycles. The normalized spacial score (nSPS) is 13.6. The molecule has 1 unspecified atom stereocenters. The minimum absolute atomic E-state index is 0.306. The van der Waals surface area contributed by atoms with Gasteiger partial charge < -0.3 is 5.32 Å². The lowest BCUT2D eigenvalue weighted by Crippen LogP contribution is -2.36. The summed E-state index contributed by atoms with van der Waals surface area (Å²) in [5.41, 5.74) is 0.686. The number of nitrogens with zero attached hydrogens (tertiary/aromatic N) is 1. The summed E-state index contributed by atoms with van der Waals surface area (Å²) < 4.78 is 37.1. The fourth-order valence-electron chi connectivity index (χ4n) is 1.62. The fraction of sp³-hybridized carbons (Fsp3) is 0.583. The molecule has 0 spiro atoms. The predicted octanol–water partition coefficient (Wildman–Crippen LogP) is 2.94. The van der Waals surface area contributed by atoms with Crippen LogP contribution in [0.1, 0.15) is 25.5 Å². The van der Waals surface area contributed by atoms with E-state index < -0.39 is 18.6 Å². The van der Waals surface area contributed by atoms with Crippen LogP contribution in [-0.2, 0) is 6.42 Å². The highest BCUT2D eigenvalue weighted by molar-refractivity contribution is 5.05. The van der Waals surface area contributed by atoms with Gasteiger partial charge in [0.25, 0.3) is 0 Å². The van der Waals surface area contributed by atoms with Gasteiger partial charge in [-0.1, -0.05) is 13.0 Å². The number of halogens is 3. The van der Waals surface area contributed by atoms with E-state index in [-0.39, 0.29) is 0 Å². The molecule has 17 heavy (non-hydrogen) atoms. The highest BCUT2D eigenvalue weighted by Crippen LogP contribution is 2.22. The van der Waals surface area contributed by atoms with Crippen molar-refractivity contribution in [2.24, 2.45) is 0 Å². The summed E-state index contributed by atoms with van der Waals surface area (Å²) in [6.45, 7) is 2.52. The molecule has 0 aliphatic carbocycles. The minimum Gasteiger partial charge on any atom is -0.313 e. The van der Waals surface area contributed by atoms with Gasteiger partial charge in [0, 0.05) is 24.4 Å². The average molecular weight is 246 g/mol. The van der Waals surface area contributed by atoms with E-state index in [1.54, 1.807) is 24.4 Å². The first-order valence-corrected chi connectivity index (χ1v) is 5.71. The van der Waals surface area contributed by atoms with E-state index in [9.17, 15) is 13.2 Å². The van der Waals surface area contributed by atoms with Gasteiger partial charge in [0.05, 0.1) is 6.42 Å². The Morgan fingerprint density at radius 2 is 2.12 bits per heavy atom. The summed E-state index contributed by atoms with van der Waals surface area (Å²) in [5.74, 6) is 0. The number of pyridine rings is 1. The molecule has 0 radical (unpaired) electrons. The van der Waals surface area contributed by atoms with Gasteiger partial charge in [-0.2, -0.15) is 13.2 Å². The Kier molecular flexibility index (Phi) is 5.41. The van der Waals surface area contributed by atoms with Crippen LogP contribution in [0.3, 0.4) is 0 Å². The first kappa shape index (κ1) is 14.0. The van der Waals surface area contributed by atoms with Crippen LogP contribution >= 0.6 is 0 Å². The first-order valence-electron chi connectivity index (χ1n) is 5.71. The van der Waals surface area contributed by atoms with Gasteiger partial charge in [-0.05, 0) is 25.1 Å². The molecule has 0 amide bonds. The molecule has 1 aromatic rings. The molecular weight excluding hydrogens is 229 g/mol. The topological polar surface area (TPSA) is 24.9 Å². The third-order valence-corrected chi connectivity index (χ3v) is 2.34. The number of hydrogen-bond donors (Lipinski definition) is 1. The molecule has 1 heterocycles. The second-order valence-corrected chi connectivity index (χ2v) is 4.00. The molecule has 0 aliphatic heterocycles. The van der Waals surface area contributed by atoms with Gasteiger partial charge in [-0.25, -0.2) is 0 Å². The van der Waals surface area contributed by atoms with Crippen LogP contribution in [0.2, 0.25) is 0 Å². The number of hydrogen-bond acceptors (Lipinski definition) is 2. The smallest absolute Gasteiger partial charge is 0.313 e. The molecule has 5 heteroatoms. The largest absolute Gasteiger partial charge is 0.390 e. The van der Waals surface area contributed by atoms with E-state index in [1.807, 2.05) is 6.92 Å². The SMILES string of the molecule is CCCNC(Cc1ccccn1)CC(F)(F)F. The summed E-state index contributed by atoms with van der Waals surface area (Å²) in [5, 5.41) is 2.91. The predicted molar refractivity (Wildman–Crippen MR) is 60.7 cm³/mol. The van der Waals surface area contributed by atoms with Crippen molar-refractivity contribution in [1.29, 1.82) is 0 Å². The van der Waals surface area contributed by atoms with Crippen molar-refractivity contribution in [3.8, 4) is 0 Å². The summed E-state index contributed by atoms with van der Waals surface area (Å²) in [6, 6.07) is 4.69. The van der Waals surface area contributed by atoms with E-state index in [0.717, 1.165) is 6.42 Å². The summed E-state index contributed by atoms with van der Waals surface area (Å²) in [4.78, 5) is 4.05. The van der Waals surface area contributed by atoms with E-state index in [2.05, 4.69) is 10.3 Å². The standard InChI is InChI=1S/C12H17F3N2/c1-2-6-16-11(9-12(13,14)15)8-10-5-3-4-7-17-10/h3-5,7,11,16H,2,6,8-9H2,1H3. The first-order chi connectivity index (χ1) is 8.01. The highest BCUT2D eigenvalue weighted by Gasteiger charge is 2.31. The monoisotopic (exact) mass is 246 g/mol. The minimum atomic E-state index is -4.14. The van der Waals surface area contributed by atoms with Crippen molar-refractivity contribution in [3.63, 3.8) is 0 Å². The van der Waals surface area contributed by atoms with Crippen molar-refractivity contribution in [1.82, 2.24) is 10.3 Å². The van der Waals surface area contributed by atoms with Crippen molar-refractivity contribution in [2.75, 3.05) is 6.54 Å². The van der Waals surface area contributed by atoms with Gasteiger partial charge in [0.15, 0.2) is 0 Å². The third kappa shape index (κ3) is 6.26. The van der Waals surface area contributed by atoms with Gasteiger partial charge in [0.1, 0.15) is 0 Å².